The first kappa shape index (κ1) is 45.6. The first-order valence-electron chi connectivity index (χ1n) is 19.0. The Balaban J connectivity index is 4.48. The van der Waals surface area contributed by atoms with Gasteiger partial charge in [0.15, 0.2) is 6.10 Å². The van der Waals surface area contributed by atoms with Crippen LogP contribution in [0.5, 0.6) is 0 Å². The molecule has 0 fully saturated rings. The van der Waals surface area contributed by atoms with Crippen molar-refractivity contribution in [1.82, 2.24) is 0 Å². The van der Waals surface area contributed by atoms with Gasteiger partial charge in [0.25, 0.3) is 0 Å². The predicted octanol–water partition coefficient (Wildman–Crippen LogP) is 8.18. The normalized spacial score (nSPS) is 13.4. The topological polar surface area (TPSA) is 102 Å². The summed E-state index contributed by atoms with van der Waals surface area (Å²) in [5, 5.41) is 11.6. The number of hydrogen-bond acceptors (Lipinski definition) is 7. The zero-order chi connectivity index (χ0) is 35.7. The molecular formula is C40H71NO7. The Bertz CT molecular complexity index is 891. The van der Waals surface area contributed by atoms with Crippen LogP contribution in [0.4, 0.5) is 0 Å². The monoisotopic (exact) mass is 678 g/mol. The predicted molar refractivity (Wildman–Crippen MR) is 194 cm³/mol. The molecule has 2 atom stereocenters. The van der Waals surface area contributed by atoms with Crippen molar-refractivity contribution in [2.75, 3.05) is 41.0 Å². The van der Waals surface area contributed by atoms with Crippen LogP contribution in [0.3, 0.4) is 0 Å². The molecule has 0 spiro atoms. The summed E-state index contributed by atoms with van der Waals surface area (Å²) in [6, 6.07) is -0.729. The van der Waals surface area contributed by atoms with E-state index in [0.29, 0.717) is 12.8 Å². The molecule has 0 aromatic rings. The van der Waals surface area contributed by atoms with Crippen LogP contribution in [0.1, 0.15) is 149 Å². The third kappa shape index (κ3) is 29.7. The molecule has 2 unspecified atom stereocenters. The van der Waals surface area contributed by atoms with E-state index >= 15 is 0 Å². The second kappa shape index (κ2) is 31.8. The summed E-state index contributed by atoms with van der Waals surface area (Å²) in [6.45, 7) is 4.47. The number of likely N-dealkylation sites (N-methyl/N-ethyl adjacent to an activating group) is 1. The van der Waals surface area contributed by atoms with Gasteiger partial charge in [0.05, 0.1) is 40.3 Å². The van der Waals surface area contributed by atoms with Gasteiger partial charge in [-0.05, 0) is 38.5 Å². The van der Waals surface area contributed by atoms with Gasteiger partial charge in [-0.1, -0.05) is 127 Å². The lowest BCUT2D eigenvalue weighted by molar-refractivity contribution is -0.889. The van der Waals surface area contributed by atoms with Crippen LogP contribution in [0, 0.1) is 0 Å². The molecule has 8 heteroatoms. The SMILES string of the molecule is CC/C=C/C/C=C/C/C=C/CCCC(=O)OCC(COCCC(C(=O)[O-])[N+](C)(C)C)OC(=O)CCCCCCCCCCCCCCC. The fourth-order valence-corrected chi connectivity index (χ4v) is 5.33. The summed E-state index contributed by atoms with van der Waals surface area (Å²) in [7, 11) is 5.38. The summed E-state index contributed by atoms with van der Waals surface area (Å²) >= 11 is 0. The fourth-order valence-electron chi connectivity index (χ4n) is 5.33. The van der Waals surface area contributed by atoms with Gasteiger partial charge in [-0.2, -0.15) is 0 Å². The minimum absolute atomic E-state index is 0.0268. The number of quaternary nitrogens is 1. The summed E-state index contributed by atoms with van der Waals surface area (Å²) in [4.78, 5) is 36.6. The number of carbonyl (C=O) groups excluding carboxylic acids is 3. The molecule has 0 aromatic heterocycles. The van der Waals surface area contributed by atoms with Crippen LogP contribution in [0.25, 0.3) is 0 Å². The Morgan fingerprint density at radius 2 is 1.17 bits per heavy atom. The molecule has 0 bridgehead atoms. The number of carboxylic acids is 1. The maximum atomic E-state index is 12.6. The number of unbranched alkanes of at least 4 members (excludes halogenated alkanes) is 13. The zero-order valence-corrected chi connectivity index (χ0v) is 31.4. The number of esters is 2. The van der Waals surface area contributed by atoms with Crippen LogP contribution in [0.2, 0.25) is 0 Å². The van der Waals surface area contributed by atoms with Gasteiger partial charge in [0.2, 0.25) is 0 Å². The molecule has 0 saturated carbocycles. The standard InChI is InChI=1S/C40H71NO7/c1-6-8-10-12-14-16-18-19-21-23-25-27-29-31-39(43)48-36(34-46-33-32-37(40(44)45)41(3,4)5)35-47-38(42)30-28-26-24-22-20-17-15-13-11-9-7-2/h9,11,15,17,22,24,36-37H,6-8,10,12-14,16,18-21,23,25-35H2,1-5H3/b11-9+,17-15+,24-22+. The lowest BCUT2D eigenvalue weighted by atomic mass is 10.0. The third-order valence-electron chi connectivity index (χ3n) is 8.29. The van der Waals surface area contributed by atoms with Gasteiger partial charge in [0.1, 0.15) is 12.6 Å². The average Bonchev–Trinajstić information content (AvgIpc) is 3.03. The van der Waals surface area contributed by atoms with E-state index in [1.54, 1.807) is 21.1 Å². The van der Waals surface area contributed by atoms with Crippen molar-refractivity contribution in [2.45, 2.75) is 161 Å². The summed E-state index contributed by atoms with van der Waals surface area (Å²) in [5.74, 6) is -1.81. The van der Waals surface area contributed by atoms with Gasteiger partial charge in [-0.15, -0.1) is 0 Å². The minimum atomic E-state index is -1.13. The van der Waals surface area contributed by atoms with E-state index in [1.165, 1.54) is 64.2 Å². The first-order valence-corrected chi connectivity index (χ1v) is 19.0. The molecule has 0 aliphatic heterocycles. The van der Waals surface area contributed by atoms with Crippen molar-refractivity contribution in [1.29, 1.82) is 0 Å². The maximum Gasteiger partial charge on any atom is 0.306 e. The number of allylic oxidation sites excluding steroid dienone is 6. The molecule has 0 radical (unpaired) electrons. The van der Waals surface area contributed by atoms with E-state index in [-0.39, 0.29) is 49.1 Å². The lowest BCUT2D eigenvalue weighted by Gasteiger charge is -2.34. The Morgan fingerprint density at radius 3 is 1.71 bits per heavy atom. The lowest BCUT2D eigenvalue weighted by Crippen LogP contribution is -2.55. The van der Waals surface area contributed by atoms with Crippen molar-refractivity contribution in [3.8, 4) is 0 Å². The molecule has 278 valence electrons. The number of carbonyl (C=O) groups is 3. The van der Waals surface area contributed by atoms with Gasteiger partial charge < -0.3 is 28.6 Å². The number of carboxylic acid groups (broad SMARTS) is 1. The van der Waals surface area contributed by atoms with Crippen LogP contribution < -0.4 is 5.11 Å². The van der Waals surface area contributed by atoms with E-state index < -0.39 is 18.1 Å². The Labute approximate surface area is 293 Å². The van der Waals surface area contributed by atoms with Crippen molar-refractivity contribution < 1.29 is 38.2 Å². The van der Waals surface area contributed by atoms with Gasteiger partial charge >= 0.3 is 11.9 Å². The molecule has 0 aromatic carbocycles. The highest BCUT2D eigenvalue weighted by Crippen LogP contribution is 2.14. The second-order valence-corrected chi connectivity index (χ2v) is 13.8. The number of rotatable bonds is 33. The number of hydrogen-bond donors (Lipinski definition) is 0. The summed E-state index contributed by atoms with van der Waals surface area (Å²) < 4.78 is 17.0. The summed E-state index contributed by atoms with van der Waals surface area (Å²) in [5.41, 5.74) is 0. The van der Waals surface area contributed by atoms with Gasteiger partial charge in [-0.3, -0.25) is 9.59 Å². The van der Waals surface area contributed by atoms with Gasteiger partial charge in [0, 0.05) is 19.3 Å². The number of ether oxygens (including phenoxy) is 3. The number of aliphatic carboxylic acids is 1. The Kier molecular flexibility index (Phi) is 30.2. The molecule has 0 heterocycles. The third-order valence-corrected chi connectivity index (χ3v) is 8.29. The number of nitrogens with zero attached hydrogens (tertiary/aromatic N) is 1. The van der Waals surface area contributed by atoms with Crippen LogP contribution >= 0.6 is 0 Å². The van der Waals surface area contributed by atoms with Crippen molar-refractivity contribution >= 4 is 17.9 Å². The fraction of sp³-hybridized carbons (Fsp3) is 0.775. The smallest absolute Gasteiger partial charge is 0.306 e. The van der Waals surface area contributed by atoms with E-state index in [0.717, 1.165) is 44.9 Å². The van der Waals surface area contributed by atoms with Crippen molar-refractivity contribution in [2.24, 2.45) is 0 Å². The van der Waals surface area contributed by atoms with Crippen molar-refractivity contribution in [3.05, 3.63) is 36.5 Å². The summed E-state index contributed by atoms with van der Waals surface area (Å²) in [6.07, 6.45) is 33.2. The molecule has 0 rings (SSSR count). The van der Waals surface area contributed by atoms with Crippen LogP contribution in [-0.4, -0.2) is 75.5 Å². The second-order valence-electron chi connectivity index (χ2n) is 13.8. The molecule has 0 amide bonds. The highest BCUT2D eigenvalue weighted by atomic mass is 16.6. The average molecular weight is 678 g/mol. The Hall–Kier alpha value is -2.45. The first-order chi connectivity index (χ1) is 23.1. The van der Waals surface area contributed by atoms with E-state index in [9.17, 15) is 19.5 Å². The molecule has 48 heavy (non-hydrogen) atoms. The molecular weight excluding hydrogens is 606 g/mol. The molecule has 0 aliphatic carbocycles. The zero-order valence-electron chi connectivity index (χ0n) is 31.4. The minimum Gasteiger partial charge on any atom is -0.544 e. The molecule has 0 saturated heterocycles. The highest BCUT2D eigenvalue weighted by Gasteiger charge is 2.25. The van der Waals surface area contributed by atoms with E-state index in [1.807, 2.05) is 0 Å². The Morgan fingerprint density at radius 1 is 0.646 bits per heavy atom. The molecule has 0 aliphatic rings. The highest BCUT2D eigenvalue weighted by molar-refractivity contribution is 5.70. The maximum absolute atomic E-state index is 12.6. The molecule has 8 nitrogen and oxygen atoms in total. The van der Waals surface area contributed by atoms with E-state index in [2.05, 4.69) is 50.3 Å². The quantitative estimate of drug-likeness (QED) is 0.0299. The van der Waals surface area contributed by atoms with Crippen LogP contribution in [0.15, 0.2) is 36.5 Å². The van der Waals surface area contributed by atoms with Crippen LogP contribution in [-0.2, 0) is 28.6 Å². The van der Waals surface area contributed by atoms with Gasteiger partial charge in [-0.25, -0.2) is 0 Å². The molecule has 0 N–H and O–H groups in total. The van der Waals surface area contributed by atoms with Crippen molar-refractivity contribution in [3.63, 3.8) is 0 Å². The van der Waals surface area contributed by atoms with E-state index in [4.69, 9.17) is 14.2 Å². The largest absolute Gasteiger partial charge is 0.544 e.